The highest BCUT2D eigenvalue weighted by molar-refractivity contribution is 14.0. The molecule has 7 heteroatoms. The largest absolute Gasteiger partial charge is 0.469 e. The minimum absolute atomic E-state index is 0. The molecule has 1 N–H and O–H groups in total. The number of guanidine groups is 1. The molecule has 150 valence electrons. The summed E-state index contributed by atoms with van der Waals surface area (Å²) in [7, 11) is 3.30. The number of aliphatic imine (C=N–C) groups is 1. The molecule has 6 nitrogen and oxygen atoms in total. The summed E-state index contributed by atoms with van der Waals surface area (Å²) in [6, 6.07) is 0.428. The summed E-state index contributed by atoms with van der Waals surface area (Å²) in [6.45, 7) is 6.51. The molecule has 26 heavy (non-hydrogen) atoms. The number of hydrogen-bond acceptors (Lipinski definition) is 4. The molecular weight excluding hydrogens is 445 g/mol. The first-order valence-corrected chi connectivity index (χ1v) is 9.73. The van der Waals surface area contributed by atoms with Crippen molar-refractivity contribution >= 4 is 35.9 Å². The van der Waals surface area contributed by atoms with Crippen LogP contribution in [0.5, 0.6) is 0 Å². The molecule has 2 saturated carbocycles. The quantitative estimate of drug-likeness (QED) is 0.291. The molecule has 1 aliphatic heterocycles. The molecular formula is C19H34IN3O3. The summed E-state index contributed by atoms with van der Waals surface area (Å²) >= 11 is 0. The van der Waals surface area contributed by atoms with Crippen molar-refractivity contribution in [3.8, 4) is 0 Å². The van der Waals surface area contributed by atoms with Crippen molar-refractivity contribution in [2.24, 2.45) is 22.2 Å². The number of hydrogen-bond donors (Lipinski definition) is 1. The van der Waals surface area contributed by atoms with Gasteiger partial charge in [-0.2, -0.15) is 0 Å². The van der Waals surface area contributed by atoms with Gasteiger partial charge in [0.1, 0.15) is 0 Å². The van der Waals surface area contributed by atoms with Crippen molar-refractivity contribution in [2.75, 3.05) is 33.9 Å². The van der Waals surface area contributed by atoms with Gasteiger partial charge in [0.15, 0.2) is 5.96 Å². The van der Waals surface area contributed by atoms with E-state index in [-0.39, 0.29) is 47.2 Å². The minimum Gasteiger partial charge on any atom is -0.469 e. The van der Waals surface area contributed by atoms with Gasteiger partial charge < -0.3 is 19.7 Å². The fraction of sp³-hybridized carbons (Fsp3) is 0.895. The second-order valence-corrected chi connectivity index (χ2v) is 7.88. The van der Waals surface area contributed by atoms with Gasteiger partial charge in [-0.15, -0.1) is 24.0 Å². The molecule has 0 bridgehead atoms. The van der Waals surface area contributed by atoms with E-state index in [0.717, 1.165) is 25.5 Å². The number of ether oxygens (including phenoxy) is 2. The average molecular weight is 479 g/mol. The van der Waals surface area contributed by atoms with E-state index in [1.165, 1.54) is 32.8 Å². The van der Waals surface area contributed by atoms with E-state index in [9.17, 15) is 4.79 Å². The lowest BCUT2D eigenvalue weighted by Crippen LogP contribution is -2.65. The lowest BCUT2D eigenvalue weighted by Gasteiger charge is -2.54. The normalized spacial score (nSPS) is 32.9. The molecule has 0 aromatic carbocycles. The van der Waals surface area contributed by atoms with Crippen LogP contribution < -0.4 is 5.32 Å². The molecule has 3 rings (SSSR count). The number of nitrogens with zero attached hydrogens (tertiary/aromatic N) is 2. The highest BCUT2D eigenvalue weighted by Gasteiger charge is 2.57. The fourth-order valence-corrected chi connectivity index (χ4v) is 5.14. The minimum atomic E-state index is -0.113. The molecule has 0 aromatic rings. The maximum Gasteiger partial charge on any atom is 0.310 e. The molecule has 4 atom stereocenters. The van der Waals surface area contributed by atoms with Crippen LogP contribution in [-0.4, -0.2) is 62.8 Å². The van der Waals surface area contributed by atoms with Crippen LogP contribution in [0.15, 0.2) is 4.99 Å². The van der Waals surface area contributed by atoms with Crippen LogP contribution in [0.3, 0.4) is 0 Å². The lowest BCUT2D eigenvalue weighted by molar-refractivity contribution is -0.145. The van der Waals surface area contributed by atoms with Crippen LogP contribution in [0, 0.1) is 17.3 Å². The monoisotopic (exact) mass is 479 g/mol. The number of carbonyl (C=O) groups is 1. The Kier molecular flexibility index (Phi) is 7.59. The van der Waals surface area contributed by atoms with E-state index >= 15 is 0 Å². The zero-order chi connectivity index (χ0) is 18.0. The van der Waals surface area contributed by atoms with E-state index in [2.05, 4.69) is 29.1 Å². The Labute approximate surface area is 174 Å². The number of rotatable bonds is 4. The standard InChI is InChI=1S/C19H33N3O3.HI/c1-5-25-16-10-15(19(16)8-6-7-9-19)21-18(20-3)22-11-13(2)14(12-22)17(23)24-4;/h13-16H,5-12H2,1-4H3,(H,20,21);1H. The molecule has 0 radical (unpaired) electrons. The van der Waals surface area contributed by atoms with Gasteiger partial charge >= 0.3 is 5.97 Å². The van der Waals surface area contributed by atoms with Crippen LogP contribution in [0.4, 0.5) is 0 Å². The lowest BCUT2D eigenvalue weighted by atomic mass is 9.60. The van der Waals surface area contributed by atoms with E-state index in [1.807, 2.05) is 7.05 Å². The zero-order valence-electron chi connectivity index (χ0n) is 16.5. The Morgan fingerprint density at radius 1 is 1.31 bits per heavy atom. The third-order valence-electron chi connectivity index (χ3n) is 6.62. The van der Waals surface area contributed by atoms with Crippen molar-refractivity contribution in [3.63, 3.8) is 0 Å². The van der Waals surface area contributed by atoms with Gasteiger partial charge in [-0.05, 0) is 32.1 Å². The molecule has 4 unspecified atom stereocenters. The first-order valence-electron chi connectivity index (χ1n) is 9.73. The molecule has 1 spiro atoms. The van der Waals surface area contributed by atoms with Gasteiger partial charge in [0.2, 0.25) is 0 Å². The Bertz CT molecular complexity index is 522. The summed E-state index contributed by atoms with van der Waals surface area (Å²) < 4.78 is 11.0. The van der Waals surface area contributed by atoms with Gasteiger partial charge in [0.25, 0.3) is 0 Å². The Morgan fingerprint density at radius 2 is 2.00 bits per heavy atom. The molecule has 1 heterocycles. The van der Waals surface area contributed by atoms with E-state index in [1.54, 1.807) is 0 Å². The van der Waals surface area contributed by atoms with Gasteiger partial charge in [-0.1, -0.05) is 19.8 Å². The molecule has 0 aromatic heterocycles. The summed E-state index contributed by atoms with van der Waals surface area (Å²) in [6.07, 6.45) is 6.52. The smallest absolute Gasteiger partial charge is 0.310 e. The average Bonchev–Trinajstić information content (AvgIpc) is 3.25. The van der Waals surface area contributed by atoms with Crippen molar-refractivity contribution in [2.45, 2.75) is 58.1 Å². The second-order valence-electron chi connectivity index (χ2n) is 7.88. The third kappa shape index (κ3) is 3.84. The van der Waals surface area contributed by atoms with E-state index < -0.39 is 0 Å². The maximum atomic E-state index is 12.0. The first-order chi connectivity index (χ1) is 12.1. The number of esters is 1. The first kappa shape index (κ1) is 21.7. The van der Waals surface area contributed by atoms with Crippen LogP contribution >= 0.6 is 24.0 Å². The van der Waals surface area contributed by atoms with Crippen LogP contribution in [0.2, 0.25) is 0 Å². The number of carbonyl (C=O) groups excluding carboxylic acids is 1. The summed E-state index contributed by atoms with van der Waals surface area (Å²) in [5.74, 6) is 1.02. The van der Waals surface area contributed by atoms with Crippen LogP contribution in [0.25, 0.3) is 0 Å². The van der Waals surface area contributed by atoms with E-state index in [0.29, 0.717) is 18.7 Å². The summed E-state index contributed by atoms with van der Waals surface area (Å²) in [4.78, 5) is 18.7. The molecule has 3 aliphatic rings. The highest BCUT2D eigenvalue weighted by Crippen LogP contribution is 2.54. The summed E-state index contributed by atoms with van der Waals surface area (Å²) in [5, 5.41) is 3.71. The number of nitrogens with one attached hydrogen (secondary N) is 1. The molecule has 3 fully saturated rings. The molecule has 2 aliphatic carbocycles. The number of likely N-dealkylation sites (tertiary alicyclic amines) is 1. The SMILES string of the molecule is CCOC1CC(NC(=NC)N2CC(C)C(C(=O)OC)C2)C12CCCC2.I. The molecule has 1 saturated heterocycles. The van der Waals surface area contributed by atoms with Gasteiger partial charge in [0.05, 0.1) is 19.1 Å². The van der Waals surface area contributed by atoms with Crippen molar-refractivity contribution in [3.05, 3.63) is 0 Å². The van der Waals surface area contributed by atoms with Crippen molar-refractivity contribution in [1.29, 1.82) is 0 Å². The van der Waals surface area contributed by atoms with Crippen LogP contribution in [0.1, 0.15) is 46.0 Å². The second kappa shape index (κ2) is 9.08. The zero-order valence-corrected chi connectivity index (χ0v) is 18.8. The Morgan fingerprint density at radius 3 is 2.58 bits per heavy atom. The third-order valence-corrected chi connectivity index (χ3v) is 6.62. The van der Waals surface area contributed by atoms with Crippen LogP contribution in [-0.2, 0) is 14.3 Å². The molecule has 0 amide bonds. The van der Waals surface area contributed by atoms with Gasteiger partial charge in [0, 0.05) is 38.2 Å². The Hall–Kier alpha value is -0.570. The van der Waals surface area contributed by atoms with Gasteiger partial charge in [-0.3, -0.25) is 9.79 Å². The van der Waals surface area contributed by atoms with E-state index in [4.69, 9.17) is 9.47 Å². The highest BCUT2D eigenvalue weighted by atomic mass is 127. The number of halogens is 1. The van der Waals surface area contributed by atoms with Gasteiger partial charge in [-0.25, -0.2) is 0 Å². The topological polar surface area (TPSA) is 63.2 Å². The van der Waals surface area contributed by atoms with Crippen molar-refractivity contribution in [1.82, 2.24) is 10.2 Å². The Balaban J connectivity index is 0.00000243. The predicted molar refractivity (Wildman–Crippen MR) is 113 cm³/mol. The fourth-order valence-electron chi connectivity index (χ4n) is 5.14. The van der Waals surface area contributed by atoms with Crippen molar-refractivity contribution < 1.29 is 14.3 Å². The number of methoxy groups -OCH3 is 1. The maximum absolute atomic E-state index is 12.0. The summed E-state index contributed by atoms with van der Waals surface area (Å²) in [5.41, 5.74) is 0.277. The predicted octanol–water partition coefficient (Wildman–Crippen LogP) is 2.66.